The van der Waals surface area contributed by atoms with Gasteiger partial charge in [0.05, 0.1) is 0 Å². The van der Waals surface area contributed by atoms with E-state index in [1.165, 1.54) is 11.3 Å². The average molecular weight is 246 g/mol. The summed E-state index contributed by atoms with van der Waals surface area (Å²) in [5.74, 6) is 0.172. The molecular formula is C15H22N2O. The molecule has 0 spiro atoms. The predicted octanol–water partition coefficient (Wildman–Crippen LogP) is 2.67. The van der Waals surface area contributed by atoms with Crippen LogP contribution < -0.4 is 10.6 Å². The number of carbonyl (C=O) groups excluding carboxylic acids is 1. The van der Waals surface area contributed by atoms with Crippen molar-refractivity contribution < 1.29 is 4.79 Å². The third-order valence-corrected chi connectivity index (χ3v) is 3.36. The molecule has 18 heavy (non-hydrogen) atoms. The van der Waals surface area contributed by atoms with Gasteiger partial charge in [0.25, 0.3) is 0 Å². The number of para-hydroxylation sites is 1. The van der Waals surface area contributed by atoms with Crippen LogP contribution in [0, 0.1) is 0 Å². The van der Waals surface area contributed by atoms with Crippen LogP contribution in [-0.4, -0.2) is 18.5 Å². The van der Waals surface area contributed by atoms with Gasteiger partial charge >= 0.3 is 0 Å². The normalized spacial score (nSPS) is 19.7. The molecule has 2 N–H and O–H groups in total. The number of hydrogen-bond acceptors (Lipinski definition) is 2. The van der Waals surface area contributed by atoms with Crippen LogP contribution in [0.1, 0.15) is 39.2 Å². The lowest BCUT2D eigenvalue weighted by Crippen LogP contribution is -2.32. The van der Waals surface area contributed by atoms with Crippen molar-refractivity contribution in [2.24, 2.45) is 0 Å². The van der Waals surface area contributed by atoms with Crippen molar-refractivity contribution in [2.45, 2.75) is 45.1 Å². The summed E-state index contributed by atoms with van der Waals surface area (Å²) in [7, 11) is 0. The lowest BCUT2D eigenvalue weighted by Gasteiger charge is -2.24. The van der Waals surface area contributed by atoms with E-state index in [1.54, 1.807) is 0 Å². The molecule has 1 aromatic carbocycles. The highest BCUT2D eigenvalue weighted by Crippen LogP contribution is 2.29. The summed E-state index contributed by atoms with van der Waals surface area (Å²) in [4.78, 5) is 11.2. The molecule has 1 aliphatic heterocycles. The van der Waals surface area contributed by atoms with E-state index >= 15 is 0 Å². The minimum atomic E-state index is 0.127. The molecule has 98 valence electrons. The van der Waals surface area contributed by atoms with Gasteiger partial charge in [-0.1, -0.05) is 39.0 Å². The molecule has 2 rings (SSSR count). The van der Waals surface area contributed by atoms with Crippen molar-refractivity contribution in [3.8, 4) is 0 Å². The third-order valence-electron chi connectivity index (χ3n) is 3.36. The molecule has 0 radical (unpaired) electrons. The van der Waals surface area contributed by atoms with E-state index in [-0.39, 0.29) is 17.4 Å². The van der Waals surface area contributed by atoms with Gasteiger partial charge in [-0.05, 0) is 23.5 Å². The van der Waals surface area contributed by atoms with Crippen LogP contribution in [0.5, 0.6) is 0 Å². The van der Waals surface area contributed by atoms with Gasteiger partial charge in [-0.15, -0.1) is 0 Å². The number of amides is 1. The first-order valence-corrected chi connectivity index (χ1v) is 6.59. The molecule has 0 aromatic heterocycles. The summed E-state index contributed by atoms with van der Waals surface area (Å²) in [6.45, 7) is 7.44. The largest absolute Gasteiger partial charge is 0.383 e. The molecular weight excluding hydrogens is 224 g/mol. The molecule has 1 unspecified atom stereocenters. The first-order valence-electron chi connectivity index (χ1n) is 6.59. The van der Waals surface area contributed by atoms with Crippen molar-refractivity contribution in [3.05, 3.63) is 29.8 Å². The van der Waals surface area contributed by atoms with Crippen molar-refractivity contribution in [1.82, 2.24) is 5.32 Å². The second kappa shape index (κ2) is 5.01. The van der Waals surface area contributed by atoms with Gasteiger partial charge in [0.2, 0.25) is 5.91 Å². The minimum absolute atomic E-state index is 0.127. The van der Waals surface area contributed by atoms with Crippen LogP contribution >= 0.6 is 0 Å². The highest BCUT2D eigenvalue weighted by atomic mass is 16.1. The SMILES string of the molecule is CC(C)(C)c1ccccc1NCC1CCC(=O)N1. The summed E-state index contributed by atoms with van der Waals surface area (Å²) in [5, 5.41) is 6.45. The molecule has 0 bridgehead atoms. The highest BCUT2D eigenvalue weighted by molar-refractivity contribution is 5.78. The van der Waals surface area contributed by atoms with E-state index in [0.717, 1.165) is 13.0 Å². The van der Waals surface area contributed by atoms with Crippen LogP contribution in [0.2, 0.25) is 0 Å². The Labute approximate surface area is 109 Å². The van der Waals surface area contributed by atoms with E-state index < -0.39 is 0 Å². The van der Waals surface area contributed by atoms with Crippen molar-refractivity contribution in [1.29, 1.82) is 0 Å². The fourth-order valence-electron chi connectivity index (χ4n) is 2.35. The second-order valence-corrected chi connectivity index (χ2v) is 5.98. The van der Waals surface area contributed by atoms with Gasteiger partial charge in [-0.25, -0.2) is 0 Å². The monoisotopic (exact) mass is 246 g/mol. The van der Waals surface area contributed by atoms with Crippen LogP contribution in [0.3, 0.4) is 0 Å². The Morgan fingerprint density at radius 1 is 1.33 bits per heavy atom. The number of carbonyl (C=O) groups is 1. The fourth-order valence-corrected chi connectivity index (χ4v) is 2.35. The Morgan fingerprint density at radius 3 is 2.67 bits per heavy atom. The van der Waals surface area contributed by atoms with Crippen molar-refractivity contribution in [3.63, 3.8) is 0 Å². The molecule has 1 aliphatic rings. The third kappa shape index (κ3) is 3.03. The molecule has 1 saturated heterocycles. The summed E-state index contributed by atoms with van der Waals surface area (Å²) >= 11 is 0. The maximum Gasteiger partial charge on any atom is 0.220 e. The number of hydrogen-bond donors (Lipinski definition) is 2. The van der Waals surface area contributed by atoms with E-state index in [9.17, 15) is 4.79 Å². The topological polar surface area (TPSA) is 41.1 Å². The lowest BCUT2D eigenvalue weighted by atomic mass is 9.86. The molecule has 1 heterocycles. The van der Waals surface area contributed by atoms with Crippen molar-refractivity contribution >= 4 is 11.6 Å². The fraction of sp³-hybridized carbons (Fsp3) is 0.533. The molecule has 1 fully saturated rings. The zero-order chi connectivity index (χ0) is 13.2. The first-order chi connectivity index (χ1) is 8.47. The van der Waals surface area contributed by atoms with Crippen molar-refractivity contribution in [2.75, 3.05) is 11.9 Å². The molecule has 1 aromatic rings. The average Bonchev–Trinajstić information content (AvgIpc) is 2.72. The molecule has 0 saturated carbocycles. The van der Waals surface area contributed by atoms with Gasteiger partial charge in [0.1, 0.15) is 0 Å². The Kier molecular flexibility index (Phi) is 3.60. The molecule has 3 heteroatoms. The van der Waals surface area contributed by atoms with Crippen LogP contribution in [0.25, 0.3) is 0 Å². The number of anilines is 1. The lowest BCUT2D eigenvalue weighted by molar-refractivity contribution is -0.119. The zero-order valence-corrected chi connectivity index (χ0v) is 11.4. The molecule has 3 nitrogen and oxygen atoms in total. The second-order valence-electron chi connectivity index (χ2n) is 5.98. The van der Waals surface area contributed by atoms with Crippen LogP contribution in [0.15, 0.2) is 24.3 Å². The van der Waals surface area contributed by atoms with E-state index in [0.29, 0.717) is 6.42 Å². The van der Waals surface area contributed by atoms with Crippen LogP contribution in [-0.2, 0) is 10.2 Å². The Bertz CT molecular complexity index is 434. The summed E-state index contributed by atoms with van der Waals surface area (Å²) < 4.78 is 0. The summed E-state index contributed by atoms with van der Waals surface area (Å²) in [6, 6.07) is 8.66. The van der Waals surface area contributed by atoms with Gasteiger partial charge in [0.15, 0.2) is 0 Å². The van der Waals surface area contributed by atoms with E-state index in [4.69, 9.17) is 0 Å². The summed E-state index contributed by atoms with van der Waals surface area (Å²) in [5.41, 5.74) is 2.61. The van der Waals surface area contributed by atoms with Gasteiger partial charge in [-0.2, -0.15) is 0 Å². The zero-order valence-electron chi connectivity index (χ0n) is 11.4. The number of rotatable bonds is 3. The molecule has 1 atom stereocenters. The van der Waals surface area contributed by atoms with E-state index in [2.05, 4.69) is 49.6 Å². The highest BCUT2D eigenvalue weighted by Gasteiger charge is 2.22. The quantitative estimate of drug-likeness (QED) is 0.861. The smallest absolute Gasteiger partial charge is 0.220 e. The Balaban J connectivity index is 2.03. The Hall–Kier alpha value is -1.51. The van der Waals surface area contributed by atoms with Crippen LogP contribution in [0.4, 0.5) is 5.69 Å². The number of nitrogens with one attached hydrogen (secondary N) is 2. The predicted molar refractivity (Wildman–Crippen MR) is 74.8 cm³/mol. The van der Waals surface area contributed by atoms with Gasteiger partial charge in [0, 0.05) is 24.7 Å². The maximum atomic E-state index is 11.2. The Morgan fingerprint density at radius 2 is 2.06 bits per heavy atom. The molecule has 0 aliphatic carbocycles. The van der Waals surface area contributed by atoms with Gasteiger partial charge < -0.3 is 10.6 Å². The number of benzene rings is 1. The summed E-state index contributed by atoms with van der Waals surface area (Å²) in [6.07, 6.45) is 1.59. The van der Waals surface area contributed by atoms with Gasteiger partial charge in [-0.3, -0.25) is 4.79 Å². The van der Waals surface area contributed by atoms with E-state index in [1.807, 2.05) is 6.07 Å². The first kappa shape index (κ1) is 12.9. The minimum Gasteiger partial charge on any atom is -0.383 e. The standard InChI is InChI=1S/C15H22N2O/c1-15(2,3)12-6-4-5-7-13(12)16-10-11-8-9-14(18)17-11/h4-7,11,16H,8-10H2,1-3H3,(H,17,18). The maximum absolute atomic E-state index is 11.2. The molecule has 1 amide bonds.